The first-order chi connectivity index (χ1) is 8.57. The highest BCUT2D eigenvalue weighted by molar-refractivity contribution is 5.29. The molecule has 18 heavy (non-hydrogen) atoms. The lowest BCUT2D eigenvalue weighted by Gasteiger charge is -2.45. The van der Waals surface area contributed by atoms with Crippen LogP contribution in [0, 0.1) is 12.7 Å². The van der Waals surface area contributed by atoms with E-state index in [4.69, 9.17) is 4.74 Å². The summed E-state index contributed by atoms with van der Waals surface area (Å²) in [5.41, 5.74) is 0.228. The molecule has 0 radical (unpaired) electrons. The Bertz CT molecular complexity index is 451. The molecule has 2 fully saturated rings. The smallest absolute Gasteiger partial charge is 0.129 e. The van der Waals surface area contributed by atoms with Gasteiger partial charge in [0.25, 0.3) is 0 Å². The quantitative estimate of drug-likeness (QED) is 0.794. The van der Waals surface area contributed by atoms with E-state index in [0.29, 0.717) is 31.6 Å². The molecule has 3 nitrogen and oxygen atoms in total. The zero-order chi connectivity index (χ0) is 12.8. The van der Waals surface area contributed by atoms with Crippen molar-refractivity contribution in [2.45, 2.75) is 37.5 Å². The van der Waals surface area contributed by atoms with Gasteiger partial charge in [-0.3, -0.25) is 0 Å². The summed E-state index contributed by atoms with van der Waals surface area (Å²) < 4.78 is 19.5. The van der Waals surface area contributed by atoms with E-state index in [2.05, 4.69) is 5.32 Å². The molecule has 0 spiro atoms. The van der Waals surface area contributed by atoms with Gasteiger partial charge in [0.15, 0.2) is 0 Å². The lowest BCUT2D eigenvalue weighted by atomic mass is 9.78. The van der Waals surface area contributed by atoms with Crippen LogP contribution in [0.3, 0.4) is 0 Å². The van der Waals surface area contributed by atoms with Crippen molar-refractivity contribution in [3.05, 3.63) is 35.1 Å². The summed E-state index contributed by atoms with van der Waals surface area (Å²) in [6, 6.07) is 5.28. The van der Waals surface area contributed by atoms with Crippen molar-refractivity contribution in [1.29, 1.82) is 0 Å². The Labute approximate surface area is 106 Å². The van der Waals surface area contributed by atoms with Crippen LogP contribution in [0.5, 0.6) is 0 Å². The number of piperidine rings is 1. The first kappa shape index (κ1) is 12.1. The maximum Gasteiger partial charge on any atom is 0.129 e. The van der Waals surface area contributed by atoms with Crippen molar-refractivity contribution in [2.75, 3.05) is 13.2 Å². The monoisotopic (exact) mass is 251 g/mol. The van der Waals surface area contributed by atoms with Crippen molar-refractivity contribution < 1.29 is 14.2 Å². The van der Waals surface area contributed by atoms with Crippen LogP contribution in [-0.2, 0) is 10.3 Å². The normalized spacial score (nSPS) is 35.5. The van der Waals surface area contributed by atoms with Crippen LogP contribution in [-0.4, -0.2) is 30.4 Å². The van der Waals surface area contributed by atoms with Gasteiger partial charge in [-0.25, -0.2) is 4.39 Å². The van der Waals surface area contributed by atoms with E-state index in [1.807, 2.05) is 13.0 Å². The topological polar surface area (TPSA) is 41.5 Å². The lowest BCUT2D eigenvalue weighted by molar-refractivity contribution is -0.0817. The van der Waals surface area contributed by atoms with Crippen LogP contribution in [0.25, 0.3) is 0 Å². The Kier molecular flexibility index (Phi) is 2.88. The van der Waals surface area contributed by atoms with Gasteiger partial charge in [-0.15, -0.1) is 0 Å². The number of aliphatic hydroxyl groups is 1. The highest BCUT2D eigenvalue weighted by atomic mass is 19.1. The second kappa shape index (κ2) is 4.30. The predicted octanol–water partition coefficient (Wildman–Crippen LogP) is 1.47. The van der Waals surface area contributed by atoms with Gasteiger partial charge in [0.1, 0.15) is 5.82 Å². The van der Waals surface area contributed by atoms with Crippen molar-refractivity contribution in [3.63, 3.8) is 0 Å². The van der Waals surface area contributed by atoms with Crippen molar-refractivity contribution in [3.8, 4) is 0 Å². The van der Waals surface area contributed by atoms with Crippen LogP contribution >= 0.6 is 0 Å². The molecule has 3 rings (SSSR count). The number of nitrogens with one attached hydrogen (secondary N) is 1. The molecule has 2 aliphatic rings. The van der Waals surface area contributed by atoms with E-state index >= 15 is 0 Å². The molecule has 1 aromatic rings. The standard InChI is InChI=1S/C14H18FNO2/c1-9-2-3-12(13(15)4-9)14(17)5-10-7-18-8-11(6-14)16-10/h2-4,10-11,16-17H,5-8H2,1H3. The van der Waals surface area contributed by atoms with Crippen molar-refractivity contribution in [1.82, 2.24) is 5.32 Å². The molecule has 98 valence electrons. The summed E-state index contributed by atoms with van der Waals surface area (Å²) in [6.07, 6.45) is 1.01. The van der Waals surface area contributed by atoms with Gasteiger partial charge in [0.05, 0.1) is 18.8 Å². The molecule has 2 saturated heterocycles. The SMILES string of the molecule is Cc1ccc(C2(O)CC3COCC(C2)N3)c(F)c1. The Hall–Kier alpha value is -0.970. The molecule has 4 heteroatoms. The molecular formula is C14H18FNO2. The summed E-state index contributed by atoms with van der Waals surface area (Å²) >= 11 is 0. The third kappa shape index (κ3) is 2.05. The Balaban J connectivity index is 1.94. The molecule has 1 aromatic carbocycles. The van der Waals surface area contributed by atoms with Crippen molar-refractivity contribution >= 4 is 0 Å². The minimum Gasteiger partial charge on any atom is -0.385 e. The molecule has 2 N–H and O–H groups in total. The fraction of sp³-hybridized carbons (Fsp3) is 0.571. The van der Waals surface area contributed by atoms with Crippen LogP contribution < -0.4 is 5.32 Å². The molecule has 2 aliphatic heterocycles. The lowest BCUT2D eigenvalue weighted by Crippen LogP contribution is -2.58. The maximum atomic E-state index is 14.0. The summed E-state index contributed by atoms with van der Waals surface area (Å²) in [4.78, 5) is 0. The van der Waals surface area contributed by atoms with Crippen LogP contribution in [0.2, 0.25) is 0 Å². The summed E-state index contributed by atoms with van der Waals surface area (Å²) in [7, 11) is 0. The van der Waals surface area contributed by atoms with Gasteiger partial charge in [-0.1, -0.05) is 12.1 Å². The number of aryl methyl sites for hydroxylation is 1. The average Bonchev–Trinajstić information content (AvgIpc) is 2.27. The van der Waals surface area contributed by atoms with E-state index in [1.165, 1.54) is 6.07 Å². The summed E-state index contributed by atoms with van der Waals surface area (Å²) in [6.45, 7) is 3.03. The summed E-state index contributed by atoms with van der Waals surface area (Å²) in [5, 5.41) is 14.2. The van der Waals surface area contributed by atoms with Gasteiger partial charge in [-0.2, -0.15) is 0 Å². The fourth-order valence-corrected chi connectivity index (χ4v) is 3.13. The van der Waals surface area contributed by atoms with Crippen LogP contribution in [0.1, 0.15) is 24.0 Å². The number of halogens is 1. The Morgan fingerprint density at radius 1 is 1.33 bits per heavy atom. The molecule has 2 heterocycles. The van der Waals surface area contributed by atoms with Gasteiger partial charge in [-0.05, 0) is 31.4 Å². The zero-order valence-corrected chi connectivity index (χ0v) is 10.4. The second-order valence-corrected chi connectivity index (χ2v) is 5.52. The van der Waals surface area contributed by atoms with Crippen LogP contribution in [0.15, 0.2) is 18.2 Å². The largest absolute Gasteiger partial charge is 0.385 e. The van der Waals surface area contributed by atoms with Gasteiger partial charge in [0, 0.05) is 17.6 Å². The fourth-order valence-electron chi connectivity index (χ4n) is 3.13. The molecule has 0 saturated carbocycles. The molecule has 2 bridgehead atoms. The maximum absolute atomic E-state index is 14.0. The molecule has 2 unspecified atom stereocenters. The number of hydrogen-bond donors (Lipinski definition) is 2. The van der Waals surface area contributed by atoms with Crippen LogP contribution in [0.4, 0.5) is 4.39 Å². The minimum absolute atomic E-state index is 0.114. The molecule has 0 aromatic heterocycles. The molecule has 2 atom stereocenters. The molecular weight excluding hydrogens is 233 g/mol. The predicted molar refractivity (Wildman–Crippen MR) is 65.8 cm³/mol. The van der Waals surface area contributed by atoms with Crippen molar-refractivity contribution in [2.24, 2.45) is 0 Å². The van der Waals surface area contributed by atoms with Gasteiger partial charge >= 0.3 is 0 Å². The van der Waals surface area contributed by atoms with E-state index in [9.17, 15) is 9.50 Å². The van der Waals surface area contributed by atoms with E-state index in [-0.39, 0.29) is 17.9 Å². The highest BCUT2D eigenvalue weighted by Gasteiger charge is 2.43. The van der Waals surface area contributed by atoms with Gasteiger partial charge < -0.3 is 15.2 Å². The second-order valence-electron chi connectivity index (χ2n) is 5.52. The zero-order valence-electron chi connectivity index (χ0n) is 10.4. The highest BCUT2D eigenvalue weighted by Crippen LogP contribution is 2.37. The number of rotatable bonds is 1. The first-order valence-electron chi connectivity index (χ1n) is 6.40. The molecule has 0 amide bonds. The Morgan fingerprint density at radius 3 is 2.61 bits per heavy atom. The molecule has 0 aliphatic carbocycles. The van der Waals surface area contributed by atoms with E-state index < -0.39 is 5.60 Å². The van der Waals surface area contributed by atoms with E-state index in [1.54, 1.807) is 6.07 Å². The number of morpholine rings is 1. The summed E-state index contributed by atoms with van der Waals surface area (Å²) in [5.74, 6) is -0.307. The minimum atomic E-state index is -1.07. The first-order valence-corrected chi connectivity index (χ1v) is 6.40. The number of benzene rings is 1. The number of hydrogen-bond acceptors (Lipinski definition) is 3. The number of ether oxygens (including phenoxy) is 1. The number of fused-ring (bicyclic) bond motifs is 2. The van der Waals surface area contributed by atoms with E-state index in [0.717, 1.165) is 5.56 Å². The third-order valence-corrected chi connectivity index (χ3v) is 3.90. The Morgan fingerprint density at radius 2 is 2.00 bits per heavy atom. The third-order valence-electron chi connectivity index (χ3n) is 3.90. The van der Waals surface area contributed by atoms with Gasteiger partial charge in [0.2, 0.25) is 0 Å². The average molecular weight is 251 g/mol.